The molecule has 0 saturated carbocycles. The third-order valence-corrected chi connectivity index (χ3v) is 11.3. The first-order valence-corrected chi connectivity index (χ1v) is 18.1. The molecule has 2 bridgehead atoms. The van der Waals surface area contributed by atoms with E-state index in [4.69, 9.17) is 21.1 Å². The summed E-state index contributed by atoms with van der Waals surface area (Å²) in [5.41, 5.74) is 0.613. The predicted molar refractivity (Wildman–Crippen MR) is 196 cm³/mol. The molecule has 3 aliphatic rings. The minimum absolute atomic E-state index is 0.110. The molecule has 10 nitrogen and oxygen atoms in total. The van der Waals surface area contributed by atoms with E-state index >= 15 is 4.79 Å². The number of carbonyl (C=O) groups is 4. The van der Waals surface area contributed by atoms with Gasteiger partial charge in [0.2, 0.25) is 11.8 Å². The second-order valence-electron chi connectivity index (χ2n) is 14.3. The van der Waals surface area contributed by atoms with Crippen LogP contribution < -0.4 is 4.90 Å². The van der Waals surface area contributed by atoms with Crippen LogP contribution in [0.3, 0.4) is 0 Å². The third-order valence-electron chi connectivity index (χ3n) is 11.0. The maximum absolute atomic E-state index is 15.0. The Labute approximate surface area is 306 Å². The van der Waals surface area contributed by atoms with Gasteiger partial charge in [0.1, 0.15) is 17.7 Å². The Morgan fingerprint density at radius 3 is 2.43 bits per heavy atom. The van der Waals surface area contributed by atoms with Crippen LogP contribution in [-0.2, 0) is 28.7 Å². The molecule has 0 aromatic heterocycles. The van der Waals surface area contributed by atoms with E-state index in [9.17, 15) is 19.5 Å². The fourth-order valence-electron chi connectivity index (χ4n) is 8.27. The molecule has 8 atom stereocenters. The van der Waals surface area contributed by atoms with Gasteiger partial charge in [0, 0.05) is 20.0 Å². The summed E-state index contributed by atoms with van der Waals surface area (Å²) in [5, 5.41) is 11.0. The fourth-order valence-corrected chi connectivity index (χ4v) is 8.60. The van der Waals surface area contributed by atoms with Crippen molar-refractivity contribution in [3.05, 3.63) is 90.0 Å². The number of para-hydroxylation sites is 1. The Balaban J connectivity index is 1.55. The molecular formula is C40H50ClN3O7. The van der Waals surface area contributed by atoms with Gasteiger partial charge in [0.05, 0.1) is 47.3 Å². The number of aryl methyl sites for hydroxylation is 1. The maximum Gasteiger partial charge on any atom is 0.313 e. The van der Waals surface area contributed by atoms with E-state index in [1.54, 1.807) is 36.2 Å². The van der Waals surface area contributed by atoms with E-state index < -0.39 is 65.6 Å². The lowest BCUT2D eigenvalue weighted by molar-refractivity contribution is -0.165. The lowest BCUT2D eigenvalue weighted by Gasteiger charge is -2.40. The summed E-state index contributed by atoms with van der Waals surface area (Å²) >= 11 is 6.69. The second kappa shape index (κ2) is 15.7. The first-order valence-electron chi connectivity index (χ1n) is 17.7. The largest absolute Gasteiger partial charge is 0.455 e. The molecule has 3 heterocycles. The Kier molecular flexibility index (Phi) is 11.8. The van der Waals surface area contributed by atoms with E-state index in [0.717, 1.165) is 5.56 Å². The molecule has 5 rings (SSSR count). The van der Waals surface area contributed by atoms with Crippen LogP contribution in [0, 0.1) is 24.7 Å². The molecule has 2 aromatic rings. The molecule has 3 amide bonds. The van der Waals surface area contributed by atoms with Crippen LogP contribution in [0.5, 0.6) is 0 Å². The van der Waals surface area contributed by atoms with Crippen molar-refractivity contribution in [3.63, 3.8) is 0 Å². The number of carbonyl (C=O) groups excluding carboxylic acids is 4. The lowest BCUT2D eigenvalue weighted by Crippen LogP contribution is -2.60. The SMILES string of the molecule is C=CCCC(=O)N(C)[C@H](C)[C@H](OC(=O)[C@@H]1[C@H]2C(=O)N([C@@H](CO)C(C)C)[C@H](C(=O)N(CC=C)c3c(C)cccc3Cl)[C@]23CC[C@H]1O3)c1ccccc1. The summed E-state index contributed by atoms with van der Waals surface area (Å²) in [5.74, 6) is -3.86. The minimum atomic E-state index is -1.34. The fraction of sp³-hybridized carbons (Fsp3) is 0.500. The molecule has 1 spiro atoms. The zero-order chi connectivity index (χ0) is 37.2. The Morgan fingerprint density at radius 2 is 1.82 bits per heavy atom. The molecule has 0 radical (unpaired) electrons. The number of amides is 3. The Bertz CT molecular complexity index is 1630. The van der Waals surface area contributed by atoms with Crippen LogP contribution in [0.25, 0.3) is 0 Å². The summed E-state index contributed by atoms with van der Waals surface area (Å²) in [7, 11) is 1.68. The Hall–Kier alpha value is -3.99. The zero-order valence-electron chi connectivity index (χ0n) is 30.2. The van der Waals surface area contributed by atoms with Gasteiger partial charge in [0.25, 0.3) is 5.91 Å². The molecule has 51 heavy (non-hydrogen) atoms. The number of hydrogen-bond acceptors (Lipinski definition) is 7. The van der Waals surface area contributed by atoms with Gasteiger partial charge in [-0.3, -0.25) is 19.2 Å². The summed E-state index contributed by atoms with van der Waals surface area (Å²) < 4.78 is 13.0. The molecule has 3 fully saturated rings. The zero-order valence-corrected chi connectivity index (χ0v) is 30.9. The van der Waals surface area contributed by atoms with Crippen LogP contribution in [-0.4, -0.2) is 88.6 Å². The standard InChI is InChI=1S/C40H50ClN3O7/c1-8-10-19-31(46)42(7)26(6)35(27-16-12-11-13-17-27)50-39(49)32-30-20-21-40(51-30)33(32)37(47)44(29(23-45)24(3)4)36(40)38(48)43(22-9-2)34-25(5)15-14-18-28(34)41/h8-9,11-18,24,26,29-30,32-33,35-36,45H,1-2,10,19-23H2,3-7H3/t26-,29+,30-,32+,33+,35+,36-,40+/m1/s1. The number of aliphatic hydroxyl groups excluding tert-OH is 1. The maximum atomic E-state index is 15.0. The van der Waals surface area contributed by atoms with Crippen LogP contribution >= 0.6 is 11.6 Å². The normalized spacial score (nSPS) is 25.3. The quantitative estimate of drug-likeness (QED) is 0.187. The Morgan fingerprint density at radius 1 is 1.12 bits per heavy atom. The number of halogens is 1. The average molecular weight is 720 g/mol. The highest BCUT2D eigenvalue weighted by Crippen LogP contribution is 2.60. The number of rotatable bonds is 15. The monoisotopic (exact) mass is 719 g/mol. The number of esters is 1. The third kappa shape index (κ3) is 6.86. The molecule has 274 valence electrons. The molecule has 1 N–H and O–H groups in total. The van der Waals surface area contributed by atoms with E-state index in [1.165, 1.54) is 9.80 Å². The number of allylic oxidation sites excluding steroid dienone is 1. The predicted octanol–water partition coefficient (Wildman–Crippen LogP) is 5.66. The van der Waals surface area contributed by atoms with Gasteiger partial charge in [-0.1, -0.05) is 80.1 Å². The van der Waals surface area contributed by atoms with Crippen LogP contribution in [0.2, 0.25) is 5.02 Å². The second-order valence-corrected chi connectivity index (χ2v) is 14.7. The number of aliphatic hydroxyl groups is 1. The molecular weight excluding hydrogens is 670 g/mol. The van der Waals surface area contributed by atoms with Crippen molar-refractivity contribution in [1.82, 2.24) is 9.80 Å². The van der Waals surface area contributed by atoms with Gasteiger partial charge < -0.3 is 29.3 Å². The molecule has 2 aromatic carbocycles. The van der Waals surface area contributed by atoms with Crippen molar-refractivity contribution in [1.29, 1.82) is 0 Å². The summed E-state index contributed by atoms with van der Waals surface area (Å²) in [6.07, 6.45) is 3.35. The van der Waals surface area contributed by atoms with Gasteiger partial charge in [-0.25, -0.2) is 0 Å². The minimum Gasteiger partial charge on any atom is -0.455 e. The molecule has 0 unspecified atom stereocenters. The van der Waals surface area contributed by atoms with Gasteiger partial charge in [-0.2, -0.15) is 0 Å². The molecule has 3 aliphatic heterocycles. The van der Waals surface area contributed by atoms with Crippen molar-refractivity contribution in [2.45, 2.75) is 89.3 Å². The van der Waals surface area contributed by atoms with E-state index in [0.29, 0.717) is 35.5 Å². The topological polar surface area (TPSA) is 117 Å². The van der Waals surface area contributed by atoms with Crippen molar-refractivity contribution in [2.24, 2.45) is 17.8 Å². The first-order chi connectivity index (χ1) is 24.3. The van der Waals surface area contributed by atoms with Crippen LogP contribution in [0.15, 0.2) is 73.8 Å². The highest BCUT2D eigenvalue weighted by atomic mass is 35.5. The van der Waals surface area contributed by atoms with Crippen LogP contribution in [0.4, 0.5) is 5.69 Å². The average Bonchev–Trinajstić information content (AvgIpc) is 3.76. The summed E-state index contributed by atoms with van der Waals surface area (Å²) in [6.45, 7) is 14.8. The van der Waals surface area contributed by atoms with Crippen molar-refractivity contribution in [3.8, 4) is 0 Å². The van der Waals surface area contributed by atoms with E-state index in [2.05, 4.69) is 13.2 Å². The molecule has 0 aliphatic carbocycles. The van der Waals surface area contributed by atoms with Gasteiger partial charge >= 0.3 is 5.97 Å². The van der Waals surface area contributed by atoms with Crippen LogP contribution in [0.1, 0.15) is 63.7 Å². The highest BCUT2D eigenvalue weighted by Gasteiger charge is 2.76. The molecule has 11 heteroatoms. The summed E-state index contributed by atoms with van der Waals surface area (Å²) in [4.78, 5) is 61.9. The van der Waals surface area contributed by atoms with Gasteiger partial charge in [-0.05, 0) is 56.2 Å². The van der Waals surface area contributed by atoms with E-state index in [1.807, 2.05) is 64.1 Å². The smallest absolute Gasteiger partial charge is 0.313 e. The highest BCUT2D eigenvalue weighted by molar-refractivity contribution is 6.34. The van der Waals surface area contributed by atoms with Crippen molar-refractivity contribution >= 4 is 41.0 Å². The number of nitrogens with zero attached hydrogens (tertiary/aromatic N) is 3. The first kappa shape index (κ1) is 38.2. The number of benzene rings is 2. The number of anilines is 1. The van der Waals surface area contributed by atoms with Gasteiger partial charge in [0.15, 0.2) is 0 Å². The van der Waals surface area contributed by atoms with E-state index in [-0.39, 0.29) is 31.4 Å². The van der Waals surface area contributed by atoms with Crippen molar-refractivity contribution in [2.75, 3.05) is 25.1 Å². The lowest BCUT2D eigenvalue weighted by atomic mass is 9.70. The number of likely N-dealkylation sites (tertiary alicyclic amines) is 1. The molecule has 3 saturated heterocycles. The summed E-state index contributed by atoms with van der Waals surface area (Å²) in [6, 6.07) is 12.1. The number of fused-ring (bicyclic) bond motifs is 1. The number of hydrogen-bond donors (Lipinski definition) is 1. The number of likely N-dealkylation sites (N-methyl/N-ethyl adjacent to an activating group) is 1. The van der Waals surface area contributed by atoms with Crippen molar-refractivity contribution < 1.29 is 33.8 Å². The number of ether oxygens (including phenoxy) is 2. The van der Waals surface area contributed by atoms with Gasteiger partial charge in [-0.15, -0.1) is 13.2 Å².